The summed E-state index contributed by atoms with van der Waals surface area (Å²) in [7, 11) is 0. The van der Waals surface area contributed by atoms with Crippen LogP contribution in [0, 0.1) is 5.82 Å². The summed E-state index contributed by atoms with van der Waals surface area (Å²) in [6.45, 7) is 6.34. The third kappa shape index (κ3) is 4.77. The van der Waals surface area contributed by atoms with Crippen molar-refractivity contribution in [1.82, 2.24) is 0 Å². The molecule has 0 fully saturated rings. The van der Waals surface area contributed by atoms with Crippen molar-refractivity contribution in [2.45, 2.75) is 33.6 Å². The molecule has 4 nitrogen and oxygen atoms in total. The number of benzene rings is 1. The number of carbonyl (C=O) groups is 1. The van der Waals surface area contributed by atoms with Crippen molar-refractivity contribution in [3.63, 3.8) is 0 Å². The minimum absolute atomic E-state index is 0.139. The summed E-state index contributed by atoms with van der Waals surface area (Å²) >= 11 is 0. The summed E-state index contributed by atoms with van der Waals surface area (Å²) in [4.78, 5) is 10.7. The molecule has 0 radical (unpaired) electrons. The Balaban J connectivity index is 3.24. The maximum Gasteiger partial charge on any atom is 0.307 e. The van der Waals surface area contributed by atoms with Crippen LogP contribution in [-0.4, -0.2) is 24.3 Å². The van der Waals surface area contributed by atoms with E-state index in [9.17, 15) is 9.18 Å². The van der Waals surface area contributed by atoms with Gasteiger partial charge in [0.2, 0.25) is 0 Å². The van der Waals surface area contributed by atoms with Gasteiger partial charge >= 0.3 is 5.97 Å². The van der Waals surface area contributed by atoms with E-state index in [1.165, 1.54) is 12.1 Å². The number of carboxylic acid groups (broad SMARTS) is 1. The Morgan fingerprint density at radius 3 is 2.24 bits per heavy atom. The second kappa shape index (κ2) is 8.29. The summed E-state index contributed by atoms with van der Waals surface area (Å²) in [5, 5.41) is 8.74. The first-order valence-corrected chi connectivity index (χ1v) is 7.03. The lowest BCUT2D eigenvalue weighted by Gasteiger charge is -2.14. The van der Waals surface area contributed by atoms with Gasteiger partial charge in [-0.2, -0.15) is 0 Å². The van der Waals surface area contributed by atoms with Crippen molar-refractivity contribution >= 4 is 11.5 Å². The van der Waals surface area contributed by atoms with Crippen LogP contribution in [0.1, 0.15) is 39.2 Å². The Morgan fingerprint density at radius 2 is 1.76 bits per heavy atom. The van der Waals surface area contributed by atoms with Gasteiger partial charge in [0, 0.05) is 11.6 Å². The standard InChI is InChI=1S/C16H21FO4/c1-4-11(7-8-16(18)19)12-9-14(20-5-2)15(21-6-3)10-13(12)17/h7,9-10H,4-6,8H2,1-3H3,(H,18,19)/b11-7+. The Kier molecular flexibility index (Phi) is 6.72. The Labute approximate surface area is 124 Å². The van der Waals surface area contributed by atoms with Gasteiger partial charge in [0.15, 0.2) is 11.5 Å². The van der Waals surface area contributed by atoms with Crippen LogP contribution in [0.4, 0.5) is 4.39 Å². The van der Waals surface area contributed by atoms with E-state index in [-0.39, 0.29) is 6.42 Å². The molecule has 1 N–H and O–H groups in total. The second-order valence-electron chi connectivity index (χ2n) is 4.33. The van der Waals surface area contributed by atoms with E-state index in [4.69, 9.17) is 14.6 Å². The number of hydrogen-bond donors (Lipinski definition) is 1. The van der Waals surface area contributed by atoms with Gasteiger partial charge in [-0.3, -0.25) is 4.79 Å². The normalized spacial score (nSPS) is 11.3. The number of aliphatic carboxylic acids is 1. The molecule has 0 amide bonds. The van der Waals surface area contributed by atoms with Crippen LogP contribution in [0.3, 0.4) is 0 Å². The van der Waals surface area contributed by atoms with Gasteiger partial charge < -0.3 is 14.6 Å². The minimum atomic E-state index is -0.947. The first-order valence-electron chi connectivity index (χ1n) is 7.03. The second-order valence-corrected chi connectivity index (χ2v) is 4.33. The molecule has 0 bridgehead atoms. The van der Waals surface area contributed by atoms with Gasteiger partial charge in [-0.15, -0.1) is 0 Å². The monoisotopic (exact) mass is 296 g/mol. The van der Waals surface area contributed by atoms with Crippen molar-refractivity contribution < 1.29 is 23.8 Å². The maximum absolute atomic E-state index is 14.2. The third-order valence-corrected chi connectivity index (χ3v) is 2.88. The SMILES string of the molecule is CCOc1cc(F)c(/C(=C/CC(=O)O)CC)cc1OCC. The van der Waals surface area contributed by atoms with Crippen LogP contribution in [0.15, 0.2) is 18.2 Å². The topological polar surface area (TPSA) is 55.8 Å². The molecule has 0 saturated carbocycles. The molecule has 0 aromatic heterocycles. The Hall–Kier alpha value is -2.04. The van der Waals surface area contributed by atoms with Crippen molar-refractivity contribution in [1.29, 1.82) is 0 Å². The lowest BCUT2D eigenvalue weighted by molar-refractivity contribution is -0.135. The van der Waals surface area contributed by atoms with Gasteiger partial charge in [0.1, 0.15) is 5.82 Å². The predicted molar refractivity (Wildman–Crippen MR) is 79.3 cm³/mol. The van der Waals surface area contributed by atoms with Gasteiger partial charge in [-0.05, 0) is 31.9 Å². The number of rotatable bonds is 8. The zero-order valence-electron chi connectivity index (χ0n) is 12.6. The quantitative estimate of drug-likeness (QED) is 0.790. The zero-order chi connectivity index (χ0) is 15.8. The first-order chi connectivity index (χ1) is 10.0. The van der Waals surface area contributed by atoms with Gasteiger partial charge in [-0.1, -0.05) is 13.0 Å². The van der Waals surface area contributed by atoms with Crippen molar-refractivity contribution in [3.05, 3.63) is 29.6 Å². The van der Waals surface area contributed by atoms with Gasteiger partial charge in [0.25, 0.3) is 0 Å². The molecule has 0 spiro atoms. The number of hydrogen-bond acceptors (Lipinski definition) is 3. The van der Waals surface area contributed by atoms with E-state index in [1.54, 1.807) is 6.07 Å². The van der Waals surface area contributed by atoms with E-state index < -0.39 is 11.8 Å². The fourth-order valence-corrected chi connectivity index (χ4v) is 1.97. The summed E-state index contributed by atoms with van der Waals surface area (Å²) in [5.74, 6) is -0.572. The molecule has 1 aromatic carbocycles. The summed E-state index contributed by atoms with van der Waals surface area (Å²) in [6.07, 6.45) is 1.92. The zero-order valence-corrected chi connectivity index (χ0v) is 12.6. The molecule has 0 aliphatic heterocycles. The van der Waals surface area contributed by atoms with E-state index >= 15 is 0 Å². The molecule has 1 aromatic rings. The number of ether oxygens (including phenoxy) is 2. The highest BCUT2D eigenvalue weighted by atomic mass is 19.1. The van der Waals surface area contributed by atoms with Crippen LogP contribution < -0.4 is 9.47 Å². The highest BCUT2D eigenvalue weighted by Gasteiger charge is 2.14. The molecule has 1 rings (SSSR count). The molecule has 0 atom stereocenters. The Morgan fingerprint density at radius 1 is 1.19 bits per heavy atom. The molecule has 21 heavy (non-hydrogen) atoms. The average Bonchev–Trinajstić information content (AvgIpc) is 2.43. The molecule has 0 heterocycles. The van der Waals surface area contributed by atoms with E-state index in [2.05, 4.69) is 0 Å². The largest absolute Gasteiger partial charge is 0.490 e. The molecule has 0 aliphatic rings. The van der Waals surface area contributed by atoms with Crippen LogP contribution in [0.25, 0.3) is 5.57 Å². The van der Waals surface area contributed by atoms with Crippen LogP contribution in [0.2, 0.25) is 0 Å². The fraction of sp³-hybridized carbons (Fsp3) is 0.438. The molecule has 116 valence electrons. The smallest absolute Gasteiger partial charge is 0.307 e. The first kappa shape index (κ1) is 17.0. The van der Waals surface area contributed by atoms with E-state index in [1.807, 2.05) is 20.8 Å². The molecule has 5 heteroatoms. The number of allylic oxidation sites excluding steroid dienone is 1. The lowest BCUT2D eigenvalue weighted by atomic mass is 10.0. The van der Waals surface area contributed by atoms with Gasteiger partial charge in [-0.25, -0.2) is 4.39 Å². The summed E-state index contributed by atoms with van der Waals surface area (Å²) < 4.78 is 25.1. The van der Waals surface area contributed by atoms with Gasteiger partial charge in [0.05, 0.1) is 19.6 Å². The van der Waals surface area contributed by atoms with Crippen LogP contribution >= 0.6 is 0 Å². The minimum Gasteiger partial charge on any atom is -0.490 e. The maximum atomic E-state index is 14.2. The molecule has 0 unspecified atom stereocenters. The molecular formula is C16H21FO4. The number of halogens is 1. The lowest BCUT2D eigenvalue weighted by Crippen LogP contribution is -2.01. The predicted octanol–water partition coefficient (Wildman–Crippen LogP) is 3.89. The average molecular weight is 296 g/mol. The molecular weight excluding hydrogens is 275 g/mol. The van der Waals surface area contributed by atoms with Crippen molar-refractivity contribution in [2.75, 3.05) is 13.2 Å². The van der Waals surface area contributed by atoms with E-state index in [0.29, 0.717) is 42.3 Å². The summed E-state index contributed by atoms with van der Waals surface area (Å²) in [5.41, 5.74) is 0.990. The number of carboxylic acids is 1. The van der Waals surface area contributed by atoms with Crippen molar-refractivity contribution in [2.24, 2.45) is 0 Å². The molecule has 0 saturated heterocycles. The summed E-state index contributed by atoms with van der Waals surface area (Å²) in [6, 6.07) is 2.86. The van der Waals surface area contributed by atoms with Crippen molar-refractivity contribution in [3.8, 4) is 11.5 Å². The highest BCUT2D eigenvalue weighted by Crippen LogP contribution is 2.34. The fourth-order valence-electron chi connectivity index (χ4n) is 1.97. The van der Waals surface area contributed by atoms with E-state index in [0.717, 1.165) is 0 Å². The third-order valence-electron chi connectivity index (χ3n) is 2.88. The van der Waals surface area contributed by atoms with Crippen LogP contribution in [0.5, 0.6) is 11.5 Å². The highest BCUT2D eigenvalue weighted by molar-refractivity contribution is 5.75. The Bertz CT molecular complexity index is 523. The molecule has 0 aliphatic carbocycles. The van der Waals surface area contributed by atoms with Crippen LogP contribution in [-0.2, 0) is 4.79 Å².